The molecule has 1 fully saturated rings. The molecule has 4 heteroatoms. The van der Waals surface area contributed by atoms with E-state index in [2.05, 4.69) is 35.9 Å². The molecule has 1 heterocycles. The Bertz CT molecular complexity index is 240. The van der Waals surface area contributed by atoms with Crippen LogP contribution in [0.3, 0.4) is 0 Å². The molecular weight excluding hydrogens is 238 g/mol. The van der Waals surface area contributed by atoms with Crippen molar-refractivity contribution in [2.75, 3.05) is 46.4 Å². The van der Waals surface area contributed by atoms with E-state index in [1.165, 1.54) is 19.5 Å². The fraction of sp³-hybridized carbons (Fsp3) is 1.00. The molecule has 0 spiro atoms. The van der Waals surface area contributed by atoms with Crippen LogP contribution in [0.4, 0.5) is 0 Å². The molecule has 1 aliphatic rings. The molecule has 2 atom stereocenters. The predicted octanol–water partition coefficient (Wildman–Crippen LogP) is 1.15. The standard InChI is InChI=1S/C15H33N3O/c1-5-18(6-2)14-8-11-17(12-14)10-7-9-15(3,13-19)16-4/h14,16,19H,5-13H2,1-4H3. The van der Waals surface area contributed by atoms with E-state index in [0.29, 0.717) is 0 Å². The fourth-order valence-electron chi connectivity index (χ4n) is 3.03. The van der Waals surface area contributed by atoms with Gasteiger partial charge in [-0.05, 0) is 59.4 Å². The Morgan fingerprint density at radius 2 is 2.05 bits per heavy atom. The minimum atomic E-state index is -0.113. The molecule has 0 amide bonds. The first-order valence-electron chi connectivity index (χ1n) is 7.84. The fourth-order valence-corrected chi connectivity index (χ4v) is 3.03. The van der Waals surface area contributed by atoms with Gasteiger partial charge in [0.15, 0.2) is 0 Å². The van der Waals surface area contributed by atoms with Crippen molar-refractivity contribution in [3.63, 3.8) is 0 Å². The lowest BCUT2D eigenvalue weighted by molar-refractivity contribution is 0.164. The highest BCUT2D eigenvalue weighted by Crippen LogP contribution is 2.17. The monoisotopic (exact) mass is 271 g/mol. The van der Waals surface area contributed by atoms with Crippen molar-refractivity contribution in [3.05, 3.63) is 0 Å². The average Bonchev–Trinajstić information content (AvgIpc) is 2.89. The molecule has 114 valence electrons. The Morgan fingerprint density at radius 1 is 1.37 bits per heavy atom. The van der Waals surface area contributed by atoms with Crippen LogP contribution in [0.15, 0.2) is 0 Å². The summed E-state index contributed by atoms with van der Waals surface area (Å²) in [5.74, 6) is 0. The average molecular weight is 271 g/mol. The lowest BCUT2D eigenvalue weighted by Crippen LogP contribution is -2.44. The Balaban J connectivity index is 2.25. The van der Waals surface area contributed by atoms with Gasteiger partial charge in [-0.25, -0.2) is 0 Å². The number of likely N-dealkylation sites (tertiary alicyclic amines) is 1. The van der Waals surface area contributed by atoms with Crippen molar-refractivity contribution in [3.8, 4) is 0 Å². The first-order valence-corrected chi connectivity index (χ1v) is 7.84. The van der Waals surface area contributed by atoms with E-state index in [0.717, 1.165) is 38.5 Å². The third-order valence-corrected chi connectivity index (χ3v) is 4.73. The minimum Gasteiger partial charge on any atom is -0.394 e. The summed E-state index contributed by atoms with van der Waals surface area (Å²) in [5, 5.41) is 12.6. The van der Waals surface area contributed by atoms with Crippen LogP contribution in [0.1, 0.15) is 40.0 Å². The van der Waals surface area contributed by atoms with Gasteiger partial charge in [0.05, 0.1) is 6.61 Å². The normalized spacial score (nSPS) is 24.0. The number of rotatable bonds is 9. The largest absolute Gasteiger partial charge is 0.394 e. The molecular formula is C15H33N3O. The van der Waals surface area contributed by atoms with E-state index in [1.807, 2.05) is 7.05 Å². The molecule has 0 radical (unpaired) electrons. The summed E-state index contributed by atoms with van der Waals surface area (Å²) < 4.78 is 0. The minimum absolute atomic E-state index is 0.113. The van der Waals surface area contributed by atoms with Crippen LogP contribution in [0.2, 0.25) is 0 Å². The van der Waals surface area contributed by atoms with Crippen molar-refractivity contribution in [2.45, 2.75) is 51.6 Å². The maximum atomic E-state index is 9.37. The van der Waals surface area contributed by atoms with Crippen LogP contribution in [-0.2, 0) is 0 Å². The van der Waals surface area contributed by atoms with Crippen LogP contribution in [0, 0.1) is 0 Å². The van der Waals surface area contributed by atoms with E-state index in [-0.39, 0.29) is 12.1 Å². The van der Waals surface area contributed by atoms with E-state index >= 15 is 0 Å². The Morgan fingerprint density at radius 3 is 2.58 bits per heavy atom. The van der Waals surface area contributed by atoms with Gasteiger partial charge in [-0.15, -0.1) is 0 Å². The van der Waals surface area contributed by atoms with Gasteiger partial charge in [0.25, 0.3) is 0 Å². The molecule has 1 rings (SSSR count). The number of nitrogens with one attached hydrogen (secondary N) is 1. The summed E-state index contributed by atoms with van der Waals surface area (Å²) in [6.45, 7) is 12.8. The summed E-state index contributed by atoms with van der Waals surface area (Å²) in [6, 6.07) is 0.753. The van der Waals surface area contributed by atoms with Gasteiger partial charge in [-0.3, -0.25) is 4.90 Å². The molecule has 1 saturated heterocycles. The van der Waals surface area contributed by atoms with Crippen LogP contribution in [-0.4, -0.2) is 72.9 Å². The van der Waals surface area contributed by atoms with Crippen LogP contribution >= 0.6 is 0 Å². The predicted molar refractivity (Wildman–Crippen MR) is 81.6 cm³/mol. The van der Waals surface area contributed by atoms with Gasteiger partial charge in [0, 0.05) is 18.1 Å². The second-order valence-corrected chi connectivity index (χ2v) is 6.04. The molecule has 0 aromatic rings. The maximum Gasteiger partial charge on any atom is 0.0610 e. The Hall–Kier alpha value is -0.160. The maximum absolute atomic E-state index is 9.37. The lowest BCUT2D eigenvalue weighted by atomic mass is 9.97. The quantitative estimate of drug-likeness (QED) is 0.660. The van der Waals surface area contributed by atoms with E-state index in [4.69, 9.17) is 0 Å². The van der Waals surface area contributed by atoms with Crippen LogP contribution in [0.25, 0.3) is 0 Å². The number of hydrogen-bond donors (Lipinski definition) is 2. The zero-order valence-electron chi connectivity index (χ0n) is 13.3. The second kappa shape index (κ2) is 8.20. The van der Waals surface area contributed by atoms with Crippen LogP contribution in [0.5, 0.6) is 0 Å². The molecule has 0 aliphatic carbocycles. The van der Waals surface area contributed by atoms with E-state index in [1.54, 1.807) is 0 Å². The number of aliphatic hydroxyl groups excluding tert-OH is 1. The first kappa shape index (κ1) is 16.9. The number of aliphatic hydroxyl groups is 1. The zero-order chi connectivity index (χ0) is 14.3. The van der Waals surface area contributed by atoms with Gasteiger partial charge < -0.3 is 15.3 Å². The summed E-state index contributed by atoms with van der Waals surface area (Å²) >= 11 is 0. The molecule has 0 aromatic carbocycles. The highest BCUT2D eigenvalue weighted by molar-refractivity contribution is 4.84. The topological polar surface area (TPSA) is 38.7 Å². The SMILES string of the molecule is CCN(CC)C1CCN(CCCC(C)(CO)NC)C1. The first-order chi connectivity index (χ1) is 9.08. The van der Waals surface area contributed by atoms with Crippen molar-refractivity contribution < 1.29 is 5.11 Å². The highest BCUT2D eigenvalue weighted by Gasteiger charge is 2.26. The molecule has 0 bridgehead atoms. The van der Waals surface area contributed by atoms with Crippen molar-refractivity contribution in [1.82, 2.24) is 15.1 Å². The third-order valence-electron chi connectivity index (χ3n) is 4.73. The van der Waals surface area contributed by atoms with Gasteiger partial charge in [-0.2, -0.15) is 0 Å². The van der Waals surface area contributed by atoms with E-state index < -0.39 is 0 Å². The Labute approximate surface area is 119 Å². The van der Waals surface area contributed by atoms with Gasteiger partial charge >= 0.3 is 0 Å². The third kappa shape index (κ3) is 5.03. The molecule has 0 saturated carbocycles. The van der Waals surface area contributed by atoms with Crippen LogP contribution < -0.4 is 5.32 Å². The molecule has 19 heavy (non-hydrogen) atoms. The highest BCUT2D eigenvalue weighted by atomic mass is 16.3. The van der Waals surface area contributed by atoms with E-state index in [9.17, 15) is 5.11 Å². The van der Waals surface area contributed by atoms with Crippen molar-refractivity contribution >= 4 is 0 Å². The molecule has 0 aromatic heterocycles. The van der Waals surface area contributed by atoms with Crippen molar-refractivity contribution in [1.29, 1.82) is 0 Å². The smallest absolute Gasteiger partial charge is 0.0610 e. The summed E-state index contributed by atoms with van der Waals surface area (Å²) in [5.41, 5.74) is -0.113. The van der Waals surface area contributed by atoms with Crippen molar-refractivity contribution in [2.24, 2.45) is 0 Å². The summed E-state index contributed by atoms with van der Waals surface area (Å²) in [4.78, 5) is 5.15. The second-order valence-electron chi connectivity index (χ2n) is 6.04. The molecule has 2 unspecified atom stereocenters. The number of hydrogen-bond acceptors (Lipinski definition) is 4. The summed E-state index contributed by atoms with van der Waals surface area (Å²) in [6.07, 6.45) is 3.50. The Kier molecular flexibility index (Phi) is 7.29. The summed E-state index contributed by atoms with van der Waals surface area (Å²) in [7, 11) is 1.93. The van der Waals surface area contributed by atoms with Gasteiger partial charge in [0.2, 0.25) is 0 Å². The molecule has 2 N–H and O–H groups in total. The molecule has 4 nitrogen and oxygen atoms in total. The number of nitrogens with zero attached hydrogens (tertiary/aromatic N) is 2. The lowest BCUT2D eigenvalue weighted by Gasteiger charge is -2.28. The van der Waals surface area contributed by atoms with Gasteiger partial charge in [0.1, 0.15) is 0 Å². The molecule has 1 aliphatic heterocycles. The zero-order valence-corrected chi connectivity index (χ0v) is 13.3. The number of likely N-dealkylation sites (N-methyl/N-ethyl adjacent to an activating group) is 2. The van der Waals surface area contributed by atoms with Gasteiger partial charge in [-0.1, -0.05) is 13.8 Å².